The molecule has 0 unspecified atom stereocenters. The summed E-state index contributed by atoms with van der Waals surface area (Å²) < 4.78 is 0. The highest BCUT2D eigenvalue weighted by Crippen LogP contribution is 2.33. The molecule has 2 aromatic rings. The molecule has 0 aliphatic carbocycles. The van der Waals surface area contributed by atoms with Crippen molar-refractivity contribution in [1.29, 1.82) is 0 Å². The second-order valence-corrected chi connectivity index (χ2v) is 6.57. The zero-order valence-electron chi connectivity index (χ0n) is 10.5. The van der Waals surface area contributed by atoms with Gasteiger partial charge in [-0.25, -0.2) is 4.98 Å². The molecular weight excluding hydrogens is 323 g/mol. The van der Waals surface area contributed by atoms with Crippen molar-refractivity contribution in [2.75, 3.05) is 4.90 Å². The molecule has 0 amide bonds. The van der Waals surface area contributed by atoms with E-state index in [0.717, 1.165) is 6.54 Å². The highest BCUT2D eigenvalue weighted by atomic mass is 35.5. The van der Waals surface area contributed by atoms with Gasteiger partial charge >= 0.3 is 0 Å². The van der Waals surface area contributed by atoms with E-state index in [0.29, 0.717) is 15.9 Å². The molecule has 0 spiro atoms. The van der Waals surface area contributed by atoms with Crippen LogP contribution < -0.4 is 4.90 Å². The molecule has 0 saturated heterocycles. The van der Waals surface area contributed by atoms with E-state index in [1.54, 1.807) is 17.4 Å². The van der Waals surface area contributed by atoms with E-state index in [1.807, 2.05) is 6.07 Å². The van der Waals surface area contributed by atoms with E-state index in [2.05, 4.69) is 35.2 Å². The van der Waals surface area contributed by atoms with E-state index in [1.165, 1.54) is 4.88 Å². The first-order valence-electron chi connectivity index (χ1n) is 5.79. The highest BCUT2D eigenvalue weighted by Gasteiger charge is 2.18. The molecule has 0 aliphatic rings. The highest BCUT2D eigenvalue weighted by molar-refractivity contribution is 7.09. The standard InChI is InChI=1S/C13H13Cl3N2S/c1-8(2)18(7-9-4-3-5-19-9)13-11(15)6-10(14)12(16)17-13/h3-6,8H,7H2,1-2H3. The summed E-state index contributed by atoms with van der Waals surface area (Å²) in [6.45, 7) is 4.93. The maximum atomic E-state index is 6.24. The van der Waals surface area contributed by atoms with Crippen molar-refractivity contribution in [2.24, 2.45) is 0 Å². The van der Waals surface area contributed by atoms with Crippen LogP contribution in [0.4, 0.5) is 5.82 Å². The van der Waals surface area contributed by atoms with Gasteiger partial charge in [0, 0.05) is 10.9 Å². The van der Waals surface area contributed by atoms with Gasteiger partial charge in [0.15, 0.2) is 0 Å². The van der Waals surface area contributed by atoms with Crippen LogP contribution in [0.25, 0.3) is 0 Å². The lowest BCUT2D eigenvalue weighted by Crippen LogP contribution is -2.30. The Hall–Kier alpha value is -0.480. The molecule has 0 aliphatic heterocycles. The van der Waals surface area contributed by atoms with Crippen molar-refractivity contribution in [3.05, 3.63) is 43.7 Å². The van der Waals surface area contributed by atoms with Gasteiger partial charge in [-0.2, -0.15) is 0 Å². The Labute approximate surface area is 131 Å². The third kappa shape index (κ3) is 3.54. The molecule has 2 aromatic heterocycles. The smallest absolute Gasteiger partial charge is 0.150 e. The van der Waals surface area contributed by atoms with Gasteiger partial charge in [-0.3, -0.25) is 0 Å². The molecular formula is C13H13Cl3N2S. The van der Waals surface area contributed by atoms with Crippen molar-refractivity contribution < 1.29 is 0 Å². The van der Waals surface area contributed by atoms with Crippen LogP contribution in [0.15, 0.2) is 23.6 Å². The number of thiophene rings is 1. The summed E-state index contributed by atoms with van der Waals surface area (Å²) in [5.74, 6) is 0.666. The SMILES string of the molecule is CC(C)N(Cc1cccs1)c1nc(Cl)c(Cl)cc1Cl. The molecule has 0 bridgehead atoms. The molecule has 2 heterocycles. The van der Waals surface area contributed by atoms with Crippen LogP contribution in [0, 0.1) is 0 Å². The maximum Gasteiger partial charge on any atom is 0.150 e. The molecule has 0 radical (unpaired) electrons. The second kappa shape index (κ2) is 6.31. The number of hydrogen-bond donors (Lipinski definition) is 0. The van der Waals surface area contributed by atoms with Gasteiger partial charge in [-0.15, -0.1) is 11.3 Å². The van der Waals surface area contributed by atoms with Crippen LogP contribution in [0.2, 0.25) is 15.2 Å². The number of pyridine rings is 1. The Bertz CT molecular complexity index is 555. The number of halogens is 3. The summed E-state index contributed by atoms with van der Waals surface area (Å²) in [6.07, 6.45) is 0. The molecule has 0 saturated carbocycles. The van der Waals surface area contributed by atoms with Crippen molar-refractivity contribution in [3.63, 3.8) is 0 Å². The molecule has 0 aromatic carbocycles. The second-order valence-electron chi connectivity index (χ2n) is 4.37. The Kier molecular flexibility index (Phi) is 4.96. The Morgan fingerprint density at radius 1 is 1.26 bits per heavy atom. The predicted octanol–water partition coefficient (Wildman–Crippen LogP) is 5.52. The molecule has 0 fully saturated rings. The van der Waals surface area contributed by atoms with Crippen LogP contribution in [-0.4, -0.2) is 11.0 Å². The van der Waals surface area contributed by atoms with Crippen LogP contribution in [0.5, 0.6) is 0 Å². The number of nitrogens with zero attached hydrogens (tertiary/aromatic N) is 2. The summed E-state index contributed by atoms with van der Waals surface area (Å²) in [4.78, 5) is 7.66. The first-order valence-corrected chi connectivity index (χ1v) is 7.81. The first-order chi connectivity index (χ1) is 8.99. The lowest BCUT2D eigenvalue weighted by atomic mass is 10.3. The minimum Gasteiger partial charge on any atom is -0.348 e. The van der Waals surface area contributed by atoms with Gasteiger partial charge in [-0.1, -0.05) is 40.9 Å². The fourth-order valence-electron chi connectivity index (χ4n) is 1.71. The molecule has 2 rings (SSSR count). The first kappa shape index (κ1) is 14.9. The van der Waals surface area contributed by atoms with E-state index >= 15 is 0 Å². The van der Waals surface area contributed by atoms with Gasteiger partial charge in [0.2, 0.25) is 0 Å². The number of hydrogen-bond acceptors (Lipinski definition) is 3. The van der Waals surface area contributed by atoms with E-state index in [4.69, 9.17) is 34.8 Å². The monoisotopic (exact) mass is 334 g/mol. The third-order valence-electron chi connectivity index (χ3n) is 2.67. The third-order valence-corrected chi connectivity index (χ3v) is 4.48. The van der Waals surface area contributed by atoms with Gasteiger partial charge < -0.3 is 4.90 Å². The Morgan fingerprint density at radius 3 is 2.58 bits per heavy atom. The fraction of sp³-hybridized carbons (Fsp3) is 0.308. The van der Waals surface area contributed by atoms with Crippen molar-refractivity contribution in [2.45, 2.75) is 26.4 Å². The lowest BCUT2D eigenvalue weighted by molar-refractivity contribution is 0.677. The van der Waals surface area contributed by atoms with Crippen molar-refractivity contribution in [1.82, 2.24) is 4.98 Å². The molecule has 2 nitrogen and oxygen atoms in total. The minimum atomic E-state index is 0.254. The van der Waals surface area contributed by atoms with Gasteiger partial charge in [0.05, 0.1) is 16.6 Å². The van der Waals surface area contributed by atoms with Gasteiger partial charge in [0.25, 0.3) is 0 Å². The van der Waals surface area contributed by atoms with Crippen LogP contribution in [0.1, 0.15) is 18.7 Å². The predicted molar refractivity (Wildman–Crippen MR) is 84.9 cm³/mol. The number of aromatic nitrogens is 1. The largest absolute Gasteiger partial charge is 0.348 e. The van der Waals surface area contributed by atoms with Crippen LogP contribution >= 0.6 is 46.1 Å². The van der Waals surface area contributed by atoms with Gasteiger partial charge in [-0.05, 0) is 31.4 Å². The van der Waals surface area contributed by atoms with Gasteiger partial charge in [0.1, 0.15) is 11.0 Å². The average Bonchev–Trinajstić information content (AvgIpc) is 2.84. The molecule has 0 atom stereocenters. The van der Waals surface area contributed by atoms with Crippen LogP contribution in [0.3, 0.4) is 0 Å². The van der Waals surface area contributed by atoms with E-state index in [-0.39, 0.29) is 11.2 Å². The summed E-state index contributed by atoms with van der Waals surface area (Å²) in [5.41, 5.74) is 0. The van der Waals surface area contributed by atoms with Crippen molar-refractivity contribution in [3.8, 4) is 0 Å². The van der Waals surface area contributed by atoms with Crippen molar-refractivity contribution >= 4 is 52.0 Å². The van der Waals surface area contributed by atoms with Crippen LogP contribution in [-0.2, 0) is 6.54 Å². The zero-order chi connectivity index (χ0) is 14.0. The zero-order valence-corrected chi connectivity index (χ0v) is 13.6. The normalized spacial score (nSPS) is 11.1. The fourth-order valence-corrected chi connectivity index (χ4v) is 3.01. The average molecular weight is 336 g/mol. The summed E-state index contributed by atoms with van der Waals surface area (Å²) in [6, 6.07) is 6.01. The summed E-state index contributed by atoms with van der Waals surface area (Å²) in [5, 5.41) is 3.21. The number of rotatable bonds is 4. The molecule has 6 heteroatoms. The minimum absolute atomic E-state index is 0.254. The maximum absolute atomic E-state index is 6.24. The molecule has 0 N–H and O–H groups in total. The quantitative estimate of drug-likeness (QED) is 0.684. The summed E-state index contributed by atoms with van der Waals surface area (Å²) in [7, 11) is 0. The Balaban J connectivity index is 2.36. The summed E-state index contributed by atoms with van der Waals surface area (Å²) >= 11 is 19.8. The molecule has 102 valence electrons. The topological polar surface area (TPSA) is 16.1 Å². The Morgan fingerprint density at radius 2 is 2.00 bits per heavy atom. The number of anilines is 1. The van der Waals surface area contributed by atoms with E-state index in [9.17, 15) is 0 Å². The molecule has 19 heavy (non-hydrogen) atoms. The lowest BCUT2D eigenvalue weighted by Gasteiger charge is -2.28. The van der Waals surface area contributed by atoms with E-state index < -0.39 is 0 Å².